The lowest BCUT2D eigenvalue weighted by Gasteiger charge is -2.24. The summed E-state index contributed by atoms with van der Waals surface area (Å²) >= 11 is 0. The first-order valence-corrected chi connectivity index (χ1v) is 5.81. The Kier molecular flexibility index (Phi) is 3.91. The molecule has 2 amide bonds. The number of benzene rings is 1. The van der Waals surface area contributed by atoms with Crippen LogP contribution in [0, 0.1) is 0 Å². The van der Waals surface area contributed by atoms with Gasteiger partial charge in [0.2, 0.25) is 0 Å². The van der Waals surface area contributed by atoms with Crippen LogP contribution in [-0.4, -0.2) is 47.5 Å². The molecule has 0 aliphatic carbocycles. The lowest BCUT2D eigenvalue weighted by Crippen LogP contribution is -2.46. The van der Waals surface area contributed by atoms with Crippen LogP contribution in [0.5, 0.6) is 0 Å². The molecule has 6 heteroatoms. The predicted octanol–water partition coefficient (Wildman–Crippen LogP) is 0.313. The average Bonchev–Trinajstić information content (AvgIpc) is 2.38. The maximum atomic E-state index is 11.5. The van der Waals surface area contributed by atoms with Gasteiger partial charge in [0.1, 0.15) is 13.2 Å². The number of carboxylic acid groups (broad SMARTS) is 1. The minimum Gasteiger partial charge on any atom is -0.478 e. The molecule has 0 bridgehead atoms. The summed E-state index contributed by atoms with van der Waals surface area (Å²) in [6.45, 7) is 0.0753. The fourth-order valence-electron chi connectivity index (χ4n) is 1.87. The molecule has 0 radical (unpaired) electrons. The van der Waals surface area contributed by atoms with Crippen molar-refractivity contribution in [1.82, 2.24) is 4.90 Å². The summed E-state index contributed by atoms with van der Waals surface area (Å²) in [5, 5.41) is 8.88. The van der Waals surface area contributed by atoms with Crippen molar-refractivity contribution in [2.75, 3.05) is 19.8 Å². The summed E-state index contributed by atoms with van der Waals surface area (Å²) in [5.74, 6) is -1.71. The van der Waals surface area contributed by atoms with Crippen LogP contribution in [0.4, 0.5) is 0 Å². The Hall–Kier alpha value is -2.21. The number of ether oxygens (including phenoxy) is 1. The molecule has 0 atom stereocenters. The maximum absolute atomic E-state index is 11.5. The van der Waals surface area contributed by atoms with Crippen LogP contribution >= 0.6 is 0 Å². The summed E-state index contributed by atoms with van der Waals surface area (Å²) in [5.41, 5.74) is 0.962. The zero-order chi connectivity index (χ0) is 13.8. The topological polar surface area (TPSA) is 83.9 Å². The molecule has 1 saturated heterocycles. The van der Waals surface area contributed by atoms with E-state index in [2.05, 4.69) is 0 Å². The van der Waals surface area contributed by atoms with Gasteiger partial charge in [-0.1, -0.05) is 12.1 Å². The number of carbonyl (C=O) groups is 3. The summed E-state index contributed by atoms with van der Waals surface area (Å²) < 4.78 is 4.81. The summed E-state index contributed by atoms with van der Waals surface area (Å²) in [4.78, 5) is 35.0. The second kappa shape index (κ2) is 5.62. The number of amides is 2. The Morgan fingerprint density at radius 2 is 1.95 bits per heavy atom. The van der Waals surface area contributed by atoms with Gasteiger partial charge in [0.15, 0.2) is 0 Å². The van der Waals surface area contributed by atoms with E-state index in [0.29, 0.717) is 6.42 Å². The van der Waals surface area contributed by atoms with Crippen molar-refractivity contribution in [3.8, 4) is 0 Å². The molecular weight excluding hydrogens is 250 g/mol. The van der Waals surface area contributed by atoms with E-state index in [1.807, 2.05) is 0 Å². The number of hydrogen-bond donors (Lipinski definition) is 1. The van der Waals surface area contributed by atoms with Gasteiger partial charge in [-0.25, -0.2) is 4.79 Å². The van der Waals surface area contributed by atoms with E-state index in [-0.39, 0.29) is 37.1 Å². The zero-order valence-corrected chi connectivity index (χ0v) is 10.2. The number of nitrogens with zero attached hydrogens (tertiary/aromatic N) is 1. The summed E-state index contributed by atoms with van der Waals surface area (Å²) in [6, 6.07) is 6.44. The van der Waals surface area contributed by atoms with Gasteiger partial charge in [-0.05, 0) is 24.1 Å². The first-order valence-electron chi connectivity index (χ1n) is 5.81. The quantitative estimate of drug-likeness (QED) is 0.790. The van der Waals surface area contributed by atoms with Gasteiger partial charge in [0.05, 0.1) is 5.56 Å². The van der Waals surface area contributed by atoms with Crippen LogP contribution in [0.1, 0.15) is 15.9 Å². The highest BCUT2D eigenvalue weighted by Crippen LogP contribution is 2.08. The van der Waals surface area contributed by atoms with E-state index in [1.165, 1.54) is 12.1 Å². The van der Waals surface area contributed by atoms with E-state index < -0.39 is 5.97 Å². The fraction of sp³-hybridized carbons (Fsp3) is 0.308. The Morgan fingerprint density at radius 3 is 2.58 bits per heavy atom. The average molecular weight is 263 g/mol. The van der Waals surface area contributed by atoms with E-state index in [0.717, 1.165) is 10.5 Å². The minimum absolute atomic E-state index is 0.0824. The molecule has 100 valence electrons. The molecule has 2 rings (SSSR count). The van der Waals surface area contributed by atoms with Crippen LogP contribution < -0.4 is 0 Å². The van der Waals surface area contributed by atoms with E-state index >= 15 is 0 Å². The number of carboxylic acids is 1. The molecule has 1 aromatic carbocycles. The van der Waals surface area contributed by atoms with Crippen molar-refractivity contribution < 1.29 is 24.2 Å². The molecule has 0 aromatic heterocycles. The highest BCUT2D eigenvalue weighted by atomic mass is 16.5. The summed E-state index contributed by atoms with van der Waals surface area (Å²) in [7, 11) is 0. The Morgan fingerprint density at radius 1 is 1.26 bits per heavy atom. The highest BCUT2D eigenvalue weighted by Gasteiger charge is 2.25. The molecule has 19 heavy (non-hydrogen) atoms. The molecule has 0 unspecified atom stereocenters. The third-order valence-corrected chi connectivity index (χ3v) is 2.85. The lowest BCUT2D eigenvalue weighted by molar-refractivity contribution is -0.158. The molecule has 0 spiro atoms. The maximum Gasteiger partial charge on any atom is 0.335 e. The fourth-order valence-corrected chi connectivity index (χ4v) is 1.87. The van der Waals surface area contributed by atoms with E-state index in [1.54, 1.807) is 12.1 Å². The third-order valence-electron chi connectivity index (χ3n) is 2.85. The van der Waals surface area contributed by atoms with Crippen molar-refractivity contribution >= 4 is 17.8 Å². The van der Waals surface area contributed by atoms with Crippen LogP contribution in [0.15, 0.2) is 24.3 Å². The van der Waals surface area contributed by atoms with Crippen molar-refractivity contribution in [1.29, 1.82) is 0 Å². The van der Waals surface area contributed by atoms with Crippen LogP contribution in [-0.2, 0) is 20.7 Å². The molecule has 1 N–H and O–H groups in total. The monoisotopic (exact) mass is 263 g/mol. The number of imide groups is 1. The molecular formula is C13H13NO5. The number of rotatable bonds is 4. The van der Waals surface area contributed by atoms with Gasteiger partial charge in [-0.3, -0.25) is 14.5 Å². The smallest absolute Gasteiger partial charge is 0.335 e. The predicted molar refractivity (Wildman–Crippen MR) is 64.6 cm³/mol. The third kappa shape index (κ3) is 3.17. The summed E-state index contributed by atoms with van der Waals surface area (Å²) in [6.07, 6.45) is 0.429. The normalized spacial score (nSPS) is 15.7. The number of aromatic carboxylic acids is 1. The first-order chi connectivity index (χ1) is 9.08. The first kappa shape index (κ1) is 13.2. The Labute approximate surface area is 109 Å². The molecule has 0 saturated carbocycles. The SMILES string of the molecule is O=C(O)c1cccc(CCN2C(=O)COCC2=O)c1. The zero-order valence-electron chi connectivity index (χ0n) is 10.2. The van der Waals surface area contributed by atoms with Gasteiger partial charge in [0, 0.05) is 6.54 Å². The van der Waals surface area contributed by atoms with Gasteiger partial charge < -0.3 is 9.84 Å². The van der Waals surface area contributed by atoms with E-state index in [9.17, 15) is 14.4 Å². The van der Waals surface area contributed by atoms with E-state index in [4.69, 9.17) is 9.84 Å². The van der Waals surface area contributed by atoms with Gasteiger partial charge in [0.25, 0.3) is 11.8 Å². The number of hydrogen-bond acceptors (Lipinski definition) is 4. The molecule has 1 heterocycles. The van der Waals surface area contributed by atoms with Crippen LogP contribution in [0.2, 0.25) is 0 Å². The van der Waals surface area contributed by atoms with Gasteiger partial charge in [-0.15, -0.1) is 0 Å². The lowest BCUT2D eigenvalue weighted by atomic mass is 10.1. The van der Waals surface area contributed by atoms with Crippen LogP contribution in [0.25, 0.3) is 0 Å². The molecule has 1 aliphatic rings. The Bertz CT molecular complexity index is 510. The Balaban J connectivity index is 2.02. The van der Waals surface area contributed by atoms with Crippen molar-refractivity contribution in [2.45, 2.75) is 6.42 Å². The van der Waals surface area contributed by atoms with Gasteiger partial charge >= 0.3 is 5.97 Å². The van der Waals surface area contributed by atoms with Gasteiger partial charge in [-0.2, -0.15) is 0 Å². The standard InChI is InChI=1S/C13H13NO5/c15-11-7-19-8-12(16)14(11)5-4-9-2-1-3-10(6-9)13(17)18/h1-3,6H,4-5,7-8H2,(H,17,18). The molecule has 6 nitrogen and oxygen atoms in total. The largest absolute Gasteiger partial charge is 0.478 e. The second-order valence-corrected chi connectivity index (χ2v) is 4.19. The highest BCUT2D eigenvalue weighted by molar-refractivity contribution is 5.98. The minimum atomic E-state index is -1.000. The van der Waals surface area contributed by atoms with Crippen molar-refractivity contribution in [3.05, 3.63) is 35.4 Å². The van der Waals surface area contributed by atoms with Crippen molar-refractivity contribution in [2.24, 2.45) is 0 Å². The molecule has 1 aliphatic heterocycles. The second-order valence-electron chi connectivity index (χ2n) is 4.19. The molecule has 1 fully saturated rings. The number of morpholine rings is 1. The molecule has 1 aromatic rings. The van der Waals surface area contributed by atoms with Crippen molar-refractivity contribution in [3.63, 3.8) is 0 Å². The van der Waals surface area contributed by atoms with Crippen LogP contribution in [0.3, 0.4) is 0 Å². The number of carbonyl (C=O) groups excluding carboxylic acids is 2.